The fraction of sp³-hybridized carbons (Fsp3) is 0.500. The minimum absolute atomic E-state index is 0.00199. The standard InChI is InChI=1S/C10H16N2O2S/c1-8(5-7-14-2)15(13)10-9(11)4-3-6-12-10/h3-4,6,8H,5,7,11H2,1-2H3. The van der Waals surface area contributed by atoms with Gasteiger partial charge < -0.3 is 10.5 Å². The van der Waals surface area contributed by atoms with Gasteiger partial charge in [0.2, 0.25) is 0 Å². The number of pyridine rings is 1. The number of ether oxygens (including phenoxy) is 1. The highest BCUT2D eigenvalue weighted by molar-refractivity contribution is 7.85. The van der Waals surface area contributed by atoms with E-state index in [0.29, 0.717) is 17.3 Å². The predicted molar refractivity (Wildman–Crippen MR) is 61.0 cm³/mol. The lowest BCUT2D eigenvalue weighted by molar-refractivity contribution is 0.195. The van der Waals surface area contributed by atoms with Crippen LogP contribution in [0.15, 0.2) is 23.4 Å². The molecule has 0 aliphatic heterocycles. The molecule has 15 heavy (non-hydrogen) atoms. The average Bonchev–Trinajstić information content (AvgIpc) is 2.25. The van der Waals surface area contributed by atoms with Gasteiger partial charge in [-0.3, -0.25) is 4.21 Å². The van der Waals surface area contributed by atoms with E-state index in [9.17, 15) is 4.21 Å². The van der Waals surface area contributed by atoms with E-state index in [1.165, 1.54) is 0 Å². The number of nitrogens with zero attached hydrogens (tertiary/aromatic N) is 1. The largest absolute Gasteiger partial charge is 0.396 e. The topological polar surface area (TPSA) is 65.2 Å². The van der Waals surface area contributed by atoms with Crippen LogP contribution in [0.4, 0.5) is 5.69 Å². The van der Waals surface area contributed by atoms with Crippen LogP contribution in [0.2, 0.25) is 0 Å². The van der Waals surface area contributed by atoms with Crippen LogP contribution in [0, 0.1) is 0 Å². The summed E-state index contributed by atoms with van der Waals surface area (Å²) in [5, 5.41) is 0.475. The Morgan fingerprint density at radius 2 is 2.40 bits per heavy atom. The van der Waals surface area contributed by atoms with Crippen molar-refractivity contribution in [2.24, 2.45) is 0 Å². The zero-order valence-corrected chi connectivity index (χ0v) is 9.79. The first-order chi connectivity index (χ1) is 7.16. The monoisotopic (exact) mass is 228 g/mol. The third kappa shape index (κ3) is 3.28. The first-order valence-electron chi connectivity index (χ1n) is 4.76. The van der Waals surface area contributed by atoms with Gasteiger partial charge in [-0.25, -0.2) is 4.98 Å². The van der Waals surface area contributed by atoms with Crippen LogP contribution < -0.4 is 5.73 Å². The number of methoxy groups -OCH3 is 1. The zero-order chi connectivity index (χ0) is 11.3. The number of aromatic nitrogens is 1. The highest BCUT2D eigenvalue weighted by atomic mass is 32.2. The van der Waals surface area contributed by atoms with Crippen molar-refractivity contribution in [2.75, 3.05) is 19.5 Å². The Hall–Kier alpha value is -0.940. The maximum atomic E-state index is 12.0. The van der Waals surface area contributed by atoms with Gasteiger partial charge in [0, 0.05) is 25.2 Å². The molecule has 0 radical (unpaired) electrons. The Morgan fingerprint density at radius 3 is 3.00 bits per heavy atom. The van der Waals surface area contributed by atoms with E-state index in [-0.39, 0.29) is 5.25 Å². The van der Waals surface area contributed by atoms with Crippen LogP contribution in [0.25, 0.3) is 0 Å². The van der Waals surface area contributed by atoms with Crippen molar-refractivity contribution in [2.45, 2.75) is 23.6 Å². The minimum Gasteiger partial charge on any atom is -0.396 e. The summed E-state index contributed by atoms with van der Waals surface area (Å²) >= 11 is 0. The molecule has 0 saturated carbocycles. The van der Waals surface area contributed by atoms with Gasteiger partial charge in [-0.05, 0) is 18.6 Å². The van der Waals surface area contributed by atoms with Gasteiger partial charge in [0.1, 0.15) is 5.03 Å². The van der Waals surface area contributed by atoms with Crippen molar-refractivity contribution in [3.8, 4) is 0 Å². The molecule has 2 atom stereocenters. The Bertz CT molecular complexity index is 344. The third-order valence-electron chi connectivity index (χ3n) is 2.09. The van der Waals surface area contributed by atoms with E-state index in [4.69, 9.17) is 10.5 Å². The van der Waals surface area contributed by atoms with Crippen molar-refractivity contribution in [3.05, 3.63) is 18.3 Å². The van der Waals surface area contributed by atoms with Crippen molar-refractivity contribution in [1.82, 2.24) is 4.98 Å². The molecule has 0 aromatic carbocycles. The number of anilines is 1. The van der Waals surface area contributed by atoms with E-state index in [1.807, 2.05) is 6.92 Å². The molecule has 0 bridgehead atoms. The number of nitrogen functional groups attached to an aromatic ring is 1. The van der Waals surface area contributed by atoms with Crippen molar-refractivity contribution in [3.63, 3.8) is 0 Å². The van der Waals surface area contributed by atoms with Crippen molar-refractivity contribution in [1.29, 1.82) is 0 Å². The summed E-state index contributed by atoms with van der Waals surface area (Å²) in [6.45, 7) is 2.50. The molecule has 0 amide bonds. The Morgan fingerprint density at radius 1 is 1.67 bits per heavy atom. The number of nitrogens with two attached hydrogens (primary N) is 1. The van der Waals surface area contributed by atoms with Crippen LogP contribution in [0.3, 0.4) is 0 Å². The van der Waals surface area contributed by atoms with Crippen molar-refractivity contribution >= 4 is 16.5 Å². The molecule has 1 heterocycles. The lowest BCUT2D eigenvalue weighted by Crippen LogP contribution is -2.15. The minimum atomic E-state index is -1.16. The second-order valence-electron chi connectivity index (χ2n) is 3.29. The summed E-state index contributed by atoms with van der Waals surface area (Å²) in [6.07, 6.45) is 2.34. The van der Waals surface area contributed by atoms with E-state index in [2.05, 4.69) is 4.98 Å². The molecule has 1 rings (SSSR count). The van der Waals surface area contributed by atoms with Gasteiger partial charge in [-0.1, -0.05) is 6.92 Å². The van der Waals surface area contributed by atoms with Crippen molar-refractivity contribution < 1.29 is 8.95 Å². The van der Waals surface area contributed by atoms with Crippen LogP contribution in [-0.2, 0) is 15.5 Å². The number of hydrogen-bond donors (Lipinski definition) is 1. The number of hydrogen-bond acceptors (Lipinski definition) is 4. The summed E-state index contributed by atoms with van der Waals surface area (Å²) in [6, 6.07) is 3.44. The maximum Gasteiger partial charge on any atom is 0.150 e. The first kappa shape index (κ1) is 12.1. The molecule has 2 unspecified atom stereocenters. The fourth-order valence-corrected chi connectivity index (χ4v) is 2.31. The van der Waals surface area contributed by atoms with Crippen LogP contribution in [-0.4, -0.2) is 28.2 Å². The summed E-state index contributed by atoms with van der Waals surface area (Å²) in [5.74, 6) is 0. The molecule has 0 fully saturated rings. The fourth-order valence-electron chi connectivity index (χ4n) is 1.15. The second-order valence-corrected chi connectivity index (χ2v) is 5.07. The molecule has 4 nitrogen and oxygen atoms in total. The van der Waals surface area contributed by atoms with Crippen LogP contribution >= 0.6 is 0 Å². The summed E-state index contributed by atoms with van der Waals surface area (Å²) in [4.78, 5) is 4.04. The molecule has 1 aromatic heterocycles. The van der Waals surface area contributed by atoms with Crippen LogP contribution in [0.1, 0.15) is 13.3 Å². The normalized spacial score (nSPS) is 14.8. The van der Waals surface area contributed by atoms with E-state index < -0.39 is 10.8 Å². The van der Waals surface area contributed by atoms with E-state index >= 15 is 0 Å². The maximum absolute atomic E-state index is 12.0. The quantitative estimate of drug-likeness (QED) is 0.822. The average molecular weight is 228 g/mol. The molecule has 5 heteroatoms. The third-order valence-corrected chi connectivity index (χ3v) is 3.77. The molecule has 0 saturated heterocycles. The summed E-state index contributed by atoms with van der Waals surface area (Å²) < 4.78 is 16.9. The van der Waals surface area contributed by atoms with Gasteiger partial charge in [-0.2, -0.15) is 0 Å². The van der Waals surface area contributed by atoms with Gasteiger partial charge in [-0.15, -0.1) is 0 Å². The van der Waals surface area contributed by atoms with Crippen LogP contribution in [0.5, 0.6) is 0 Å². The highest BCUT2D eigenvalue weighted by Crippen LogP contribution is 2.17. The van der Waals surface area contributed by atoms with Gasteiger partial charge >= 0.3 is 0 Å². The van der Waals surface area contributed by atoms with Gasteiger partial charge in [0.05, 0.1) is 16.5 Å². The highest BCUT2D eigenvalue weighted by Gasteiger charge is 2.16. The van der Waals surface area contributed by atoms with E-state index in [1.54, 1.807) is 25.4 Å². The molecule has 0 spiro atoms. The molecule has 0 aliphatic rings. The Kier molecular flexibility index (Phi) is 4.71. The lowest BCUT2D eigenvalue weighted by atomic mass is 10.3. The molecule has 2 N–H and O–H groups in total. The lowest BCUT2D eigenvalue weighted by Gasteiger charge is -2.11. The van der Waals surface area contributed by atoms with Gasteiger partial charge in [0.15, 0.2) is 0 Å². The SMILES string of the molecule is COCCC(C)S(=O)c1ncccc1N. The smallest absolute Gasteiger partial charge is 0.150 e. The first-order valence-corrected chi connectivity index (χ1v) is 5.98. The number of rotatable bonds is 5. The summed E-state index contributed by atoms with van der Waals surface area (Å²) in [5.41, 5.74) is 6.19. The Balaban J connectivity index is 2.72. The second kappa shape index (κ2) is 5.82. The van der Waals surface area contributed by atoms with E-state index in [0.717, 1.165) is 6.42 Å². The molecule has 1 aromatic rings. The molecule has 84 valence electrons. The summed E-state index contributed by atoms with van der Waals surface area (Å²) in [7, 11) is 0.472. The Labute approximate surface area is 92.3 Å². The predicted octanol–water partition coefficient (Wildman–Crippen LogP) is 1.20. The molecular formula is C10H16N2O2S. The zero-order valence-electron chi connectivity index (χ0n) is 8.97. The molecule has 0 aliphatic carbocycles. The molecular weight excluding hydrogens is 212 g/mol. The van der Waals surface area contributed by atoms with Gasteiger partial charge in [0.25, 0.3) is 0 Å².